The van der Waals surface area contributed by atoms with Crippen molar-refractivity contribution in [3.05, 3.63) is 89.7 Å². The van der Waals surface area contributed by atoms with Crippen LogP contribution < -0.4 is 9.64 Å². The van der Waals surface area contributed by atoms with Crippen LogP contribution in [0, 0.1) is 6.92 Å². The van der Waals surface area contributed by atoms with E-state index >= 15 is 0 Å². The highest BCUT2D eigenvalue weighted by molar-refractivity contribution is 5.96. The number of ether oxygens (including phenoxy) is 1. The molecule has 1 aliphatic rings. The van der Waals surface area contributed by atoms with Gasteiger partial charge < -0.3 is 14.5 Å². The zero-order valence-corrected chi connectivity index (χ0v) is 22.0. The van der Waals surface area contributed by atoms with Gasteiger partial charge in [-0.3, -0.25) is 19.5 Å². The van der Waals surface area contributed by atoms with Gasteiger partial charge in [-0.15, -0.1) is 0 Å². The molecule has 0 unspecified atom stereocenters. The second-order valence-electron chi connectivity index (χ2n) is 9.65. The SMILES string of the molecule is Cc1cccc2c1N(C(=O)COc1ccccc1)CCCN(C(C)C)CCN(C(=O)c1ccccn1)C2. The first-order valence-electron chi connectivity index (χ1n) is 12.9. The summed E-state index contributed by atoms with van der Waals surface area (Å²) in [7, 11) is 0. The first-order valence-corrected chi connectivity index (χ1v) is 12.9. The molecular formula is C30H36N4O3. The van der Waals surface area contributed by atoms with Gasteiger partial charge in [0.1, 0.15) is 11.4 Å². The zero-order chi connectivity index (χ0) is 26.2. The molecule has 0 aliphatic carbocycles. The number of pyridine rings is 1. The molecule has 0 fully saturated rings. The second kappa shape index (κ2) is 12.5. The van der Waals surface area contributed by atoms with Crippen LogP contribution in [-0.2, 0) is 11.3 Å². The van der Waals surface area contributed by atoms with E-state index in [0.717, 1.165) is 36.3 Å². The van der Waals surface area contributed by atoms with Crippen molar-refractivity contribution in [3.8, 4) is 5.75 Å². The molecule has 0 bridgehead atoms. The fourth-order valence-corrected chi connectivity index (χ4v) is 4.75. The van der Waals surface area contributed by atoms with Crippen molar-refractivity contribution in [2.45, 2.75) is 39.8 Å². The maximum Gasteiger partial charge on any atom is 0.272 e. The van der Waals surface area contributed by atoms with Crippen molar-refractivity contribution in [1.82, 2.24) is 14.8 Å². The fourth-order valence-electron chi connectivity index (χ4n) is 4.75. The third-order valence-corrected chi connectivity index (χ3v) is 6.74. The van der Waals surface area contributed by atoms with Crippen LogP contribution in [0.2, 0.25) is 0 Å². The zero-order valence-electron chi connectivity index (χ0n) is 22.0. The molecule has 194 valence electrons. The van der Waals surface area contributed by atoms with Crippen LogP contribution >= 0.6 is 0 Å². The second-order valence-corrected chi connectivity index (χ2v) is 9.65. The van der Waals surface area contributed by atoms with Gasteiger partial charge in [-0.1, -0.05) is 42.5 Å². The summed E-state index contributed by atoms with van der Waals surface area (Å²) in [5.74, 6) is 0.454. The summed E-state index contributed by atoms with van der Waals surface area (Å²) in [6, 6.07) is 21.1. The standard InChI is InChI=1S/C30H36N4O3/c1-23(2)32-17-10-18-34(28(35)22-37-26-13-5-4-6-14-26)29-24(3)11-9-12-25(29)21-33(20-19-32)30(36)27-15-7-8-16-31-27/h4-9,11-16,23H,10,17-22H2,1-3H3. The Bertz CT molecular complexity index is 1180. The molecule has 0 atom stereocenters. The number of aryl methyl sites for hydroxylation is 1. The van der Waals surface area contributed by atoms with Crippen molar-refractivity contribution in [3.63, 3.8) is 0 Å². The van der Waals surface area contributed by atoms with Crippen LogP contribution in [0.4, 0.5) is 5.69 Å². The number of para-hydroxylation sites is 2. The minimum absolute atomic E-state index is 0.0533. The molecule has 0 saturated heterocycles. The molecule has 0 saturated carbocycles. The molecule has 37 heavy (non-hydrogen) atoms. The molecule has 1 aliphatic heterocycles. The summed E-state index contributed by atoms with van der Waals surface area (Å²) in [4.78, 5) is 37.5. The molecule has 7 heteroatoms. The summed E-state index contributed by atoms with van der Waals surface area (Å²) < 4.78 is 5.83. The number of rotatable bonds is 5. The molecular weight excluding hydrogens is 464 g/mol. The monoisotopic (exact) mass is 500 g/mol. The quantitative estimate of drug-likeness (QED) is 0.514. The van der Waals surface area contributed by atoms with E-state index in [4.69, 9.17) is 4.74 Å². The molecule has 0 spiro atoms. The number of carbonyl (C=O) groups excluding carboxylic acids is 2. The average molecular weight is 501 g/mol. The Balaban J connectivity index is 1.67. The Hall–Kier alpha value is -3.71. The van der Waals surface area contributed by atoms with E-state index in [0.29, 0.717) is 37.1 Å². The van der Waals surface area contributed by atoms with Gasteiger partial charge in [0, 0.05) is 45.0 Å². The van der Waals surface area contributed by atoms with E-state index in [1.807, 2.05) is 77.4 Å². The maximum absolute atomic E-state index is 13.6. The Morgan fingerprint density at radius 3 is 2.43 bits per heavy atom. The lowest BCUT2D eigenvalue weighted by Crippen LogP contribution is -2.41. The van der Waals surface area contributed by atoms with E-state index in [-0.39, 0.29) is 18.4 Å². The highest BCUT2D eigenvalue weighted by Gasteiger charge is 2.26. The largest absolute Gasteiger partial charge is 0.484 e. The first kappa shape index (κ1) is 26.4. The molecule has 2 amide bonds. The van der Waals surface area contributed by atoms with E-state index < -0.39 is 0 Å². The average Bonchev–Trinajstić information content (AvgIpc) is 2.95. The predicted molar refractivity (Wildman–Crippen MR) is 146 cm³/mol. The van der Waals surface area contributed by atoms with Gasteiger partial charge in [-0.25, -0.2) is 0 Å². The van der Waals surface area contributed by atoms with Crippen molar-refractivity contribution in [2.75, 3.05) is 37.7 Å². The van der Waals surface area contributed by atoms with Gasteiger partial charge >= 0.3 is 0 Å². The van der Waals surface area contributed by atoms with Gasteiger partial charge in [-0.2, -0.15) is 0 Å². The van der Waals surface area contributed by atoms with E-state index in [9.17, 15) is 9.59 Å². The molecule has 1 aromatic heterocycles. The molecule has 3 aromatic rings. The number of anilines is 1. The Kier molecular flexibility index (Phi) is 8.90. The van der Waals surface area contributed by atoms with E-state index in [1.165, 1.54) is 0 Å². The maximum atomic E-state index is 13.6. The van der Waals surface area contributed by atoms with Crippen molar-refractivity contribution in [1.29, 1.82) is 0 Å². The van der Waals surface area contributed by atoms with Gasteiger partial charge in [0.25, 0.3) is 11.8 Å². The lowest BCUT2D eigenvalue weighted by molar-refractivity contribution is -0.120. The Morgan fingerprint density at radius 1 is 0.919 bits per heavy atom. The number of hydrogen-bond donors (Lipinski definition) is 0. The van der Waals surface area contributed by atoms with Gasteiger partial charge in [0.05, 0.1) is 5.69 Å². The third kappa shape index (κ3) is 6.74. The van der Waals surface area contributed by atoms with Gasteiger partial charge in [0.15, 0.2) is 6.61 Å². The predicted octanol–water partition coefficient (Wildman–Crippen LogP) is 4.56. The van der Waals surface area contributed by atoms with Crippen molar-refractivity contribution < 1.29 is 14.3 Å². The number of benzene rings is 2. The van der Waals surface area contributed by atoms with Crippen LogP contribution in [0.1, 0.15) is 41.9 Å². The highest BCUT2D eigenvalue weighted by Crippen LogP contribution is 2.28. The van der Waals surface area contributed by atoms with Crippen molar-refractivity contribution >= 4 is 17.5 Å². The third-order valence-electron chi connectivity index (χ3n) is 6.74. The summed E-state index contributed by atoms with van der Waals surface area (Å²) in [5, 5.41) is 0. The van der Waals surface area contributed by atoms with Gasteiger partial charge in [0.2, 0.25) is 0 Å². The smallest absolute Gasteiger partial charge is 0.272 e. The van der Waals surface area contributed by atoms with Gasteiger partial charge in [-0.05, 0) is 62.6 Å². The van der Waals surface area contributed by atoms with Crippen LogP contribution in [0.5, 0.6) is 5.75 Å². The number of aromatic nitrogens is 1. The number of hydrogen-bond acceptors (Lipinski definition) is 5. The lowest BCUT2D eigenvalue weighted by atomic mass is 10.0. The first-order chi connectivity index (χ1) is 17.9. The molecule has 0 radical (unpaired) electrons. The molecule has 2 heterocycles. The number of amides is 2. The lowest BCUT2D eigenvalue weighted by Gasteiger charge is -2.30. The molecule has 2 aromatic carbocycles. The van der Waals surface area contributed by atoms with E-state index in [1.54, 1.807) is 12.3 Å². The normalized spacial score (nSPS) is 15.1. The minimum Gasteiger partial charge on any atom is -0.484 e. The summed E-state index contributed by atoms with van der Waals surface area (Å²) >= 11 is 0. The number of carbonyl (C=O) groups is 2. The molecule has 4 rings (SSSR count). The van der Waals surface area contributed by atoms with E-state index in [2.05, 4.69) is 23.7 Å². The molecule has 7 nitrogen and oxygen atoms in total. The van der Waals surface area contributed by atoms with Crippen LogP contribution in [-0.4, -0.2) is 65.4 Å². The van der Waals surface area contributed by atoms with Crippen LogP contribution in [0.25, 0.3) is 0 Å². The topological polar surface area (TPSA) is 66.0 Å². The Morgan fingerprint density at radius 2 is 1.70 bits per heavy atom. The summed E-state index contributed by atoms with van der Waals surface area (Å²) in [5.41, 5.74) is 3.22. The van der Waals surface area contributed by atoms with Crippen molar-refractivity contribution in [2.24, 2.45) is 0 Å². The highest BCUT2D eigenvalue weighted by atomic mass is 16.5. The summed E-state index contributed by atoms with van der Waals surface area (Å²) in [6.07, 6.45) is 2.46. The number of fused-ring (bicyclic) bond motifs is 1. The Labute approximate surface area is 219 Å². The van der Waals surface area contributed by atoms with Crippen LogP contribution in [0.3, 0.4) is 0 Å². The van der Waals surface area contributed by atoms with Crippen LogP contribution in [0.15, 0.2) is 72.9 Å². The summed E-state index contributed by atoms with van der Waals surface area (Å²) in [6.45, 7) is 9.42. The number of nitrogens with zero attached hydrogens (tertiary/aromatic N) is 4. The minimum atomic E-state index is -0.110. The fraction of sp³-hybridized carbons (Fsp3) is 0.367. The molecule has 0 N–H and O–H groups in total.